The molecule has 174 valence electrons. The zero-order valence-corrected chi connectivity index (χ0v) is 21.2. The summed E-state index contributed by atoms with van der Waals surface area (Å²) in [7, 11) is 1.69. The molecule has 0 aliphatic carbocycles. The summed E-state index contributed by atoms with van der Waals surface area (Å²) in [5.41, 5.74) is 2.15. The minimum atomic E-state index is 0. The van der Waals surface area contributed by atoms with Crippen LogP contribution in [-0.2, 0) is 20.8 Å². The number of hydrogen-bond acceptors (Lipinski definition) is 4. The number of anilines is 1. The number of likely N-dealkylation sites (tertiary alicyclic amines) is 1. The minimum absolute atomic E-state index is 0. The van der Waals surface area contributed by atoms with Crippen molar-refractivity contribution < 1.29 is 14.3 Å². The van der Waals surface area contributed by atoms with Crippen LogP contribution >= 0.6 is 24.0 Å². The maximum absolute atomic E-state index is 12.1. The van der Waals surface area contributed by atoms with E-state index >= 15 is 0 Å². The molecule has 2 aliphatic rings. The molecule has 1 aromatic rings. The van der Waals surface area contributed by atoms with Crippen LogP contribution in [0.5, 0.6) is 0 Å². The lowest BCUT2D eigenvalue weighted by atomic mass is 10.1. The fourth-order valence-electron chi connectivity index (χ4n) is 4.01. The fraction of sp³-hybridized carbons (Fsp3) is 0.652. The largest absolute Gasteiger partial charge is 0.382 e. The molecule has 2 fully saturated rings. The van der Waals surface area contributed by atoms with Crippen molar-refractivity contribution in [2.75, 3.05) is 58.0 Å². The molecule has 1 unspecified atom stereocenters. The van der Waals surface area contributed by atoms with E-state index in [1.807, 2.05) is 17.0 Å². The number of ether oxygens (including phenoxy) is 2. The van der Waals surface area contributed by atoms with E-state index in [0.29, 0.717) is 32.1 Å². The molecule has 1 atom stereocenters. The van der Waals surface area contributed by atoms with Gasteiger partial charge in [0.2, 0.25) is 5.91 Å². The first-order valence-electron chi connectivity index (χ1n) is 11.2. The summed E-state index contributed by atoms with van der Waals surface area (Å²) >= 11 is 0. The standard InChI is InChI=1S/C23H36N4O3.HI/c1-3-24-23(26-13-11-20(17-26)18-30-15-14-29-2)25-16-19-7-9-21(10-8-19)27-12-5-4-6-22(27)28;/h7-10,20H,3-6,11-18H2,1-2H3,(H,24,25);1H. The molecule has 0 spiro atoms. The maximum Gasteiger partial charge on any atom is 0.226 e. The Labute approximate surface area is 203 Å². The molecule has 2 aliphatic heterocycles. The molecule has 0 aromatic heterocycles. The summed E-state index contributed by atoms with van der Waals surface area (Å²) in [4.78, 5) is 21.2. The molecule has 0 radical (unpaired) electrons. The van der Waals surface area contributed by atoms with Crippen LogP contribution in [0, 0.1) is 5.92 Å². The van der Waals surface area contributed by atoms with Crippen LogP contribution < -0.4 is 10.2 Å². The van der Waals surface area contributed by atoms with E-state index in [0.717, 1.165) is 69.3 Å². The van der Waals surface area contributed by atoms with E-state index < -0.39 is 0 Å². The summed E-state index contributed by atoms with van der Waals surface area (Å²) in [6.07, 6.45) is 3.87. The zero-order chi connectivity index (χ0) is 21.2. The van der Waals surface area contributed by atoms with E-state index in [1.165, 1.54) is 0 Å². The van der Waals surface area contributed by atoms with Gasteiger partial charge >= 0.3 is 0 Å². The highest BCUT2D eigenvalue weighted by molar-refractivity contribution is 14.0. The van der Waals surface area contributed by atoms with E-state index in [-0.39, 0.29) is 29.9 Å². The second-order valence-electron chi connectivity index (χ2n) is 8.01. The third kappa shape index (κ3) is 7.91. The molecule has 0 saturated carbocycles. The summed E-state index contributed by atoms with van der Waals surface area (Å²) in [6, 6.07) is 8.26. The van der Waals surface area contributed by atoms with Gasteiger partial charge in [0.25, 0.3) is 0 Å². The number of aliphatic imine (C=N–C) groups is 1. The van der Waals surface area contributed by atoms with E-state index in [4.69, 9.17) is 14.5 Å². The number of piperidine rings is 1. The van der Waals surface area contributed by atoms with Gasteiger partial charge < -0.3 is 24.6 Å². The van der Waals surface area contributed by atoms with Gasteiger partial charge in [-0.1, -0.05) is 12.1 Å². The van der Waals surface area contributed by atoms with Crippen LogP contribution in [-0.4, -0.2) is 69.9 Å². The number of carbonyl (C=O) groups excluding carboxylic acids is 1. The second-order valence-corrected chi connectivity index (χ2v) is 8.01. The Morgan fingerprint density at radius 3 is 2.71 bits per heavy atom. The molecule has 7 nitrogen and oxygen atoms in total. The number of nitrogens with one attached hydrogen (secondary N) is 1. The predicted molar refractivity (Wildman–Crippen MR) is 135 cm³/mol. The number of amides is 1. The molecule has 1 amide bonds. The quantitative estimate of drug-likeness (QED) is 0.224. The summed E-state index contributed by atoms with van der Waals surface area (Å²) in [6.45, 7) is 8.44. The first-order chi connectivity index (χ1) is 14.7. The van der Waals surface area contributed by atoms with Crippen molar-refractivity contribution in [3.05, 3.63) is 29.8 Å². The van der Waals surface area contributed by atoms with Crippen molar-refractivity contribution in [3.8, 4) is 0 Å². The molecule has 0 bridgehead atoms. The summed E-state index contributed by atoms with van der Waals surface area (Å²) in [5, 5.41) is 3.42. The summed E-state index contributed by atoms with van der Waals surface area (Å²) in [5.74, 6) is 1.73. The lowest BCUT2D eigenvalue weighted by Crippen LogP contribution is -2.40. The first-order valence-corrected chi connectivity index (χ1v) is 11.2. The Balaban J connectivity index is 0.00000341. The number of rotatable bonds is 9. The average molecular weight is 544 g/mol. The lowest BCUT2D eigenvalue weighted by Gasteiger charge is -2.26. The van der Waals surface area contributed by atoms with Gasteiger partial charge in [-0.15, -0.1) is 24.0 Å². The molecule has 3 rings (SSSR count). The molecule has 2 heterocycles. The van der Waals surface area contributed by atoms with Crippen LogP contribution in [0.1, 0.15) is 38.2 Å². The van der Waals surface area contributed by atoms with Gasteiger partial charge in [0.05, 0.1) is 26.4 Å². The SMILES string of the molecule is CCNC(=NCc1ccc(N2CCCCC2=O)cc1)N1CCC(COCCOC)C1.I. The van der Waals surface area contributed by atoms with Crippen molar-refractivity contribution >= 4 is 41.5 Å². The second kappa shape index (κ2) is 13.9. The Morgan fingerprint density at radius 2 is 2.00 bits per heavy atom. The van der Waals surface area contributed by atoms with Crippen molar-refractivity contribution in [3.63, 3.8) is 0 Å². The molecule has 8 heteroatoms. The molecule has 2 saturated heterocycles. The summed E-state index contributed by atoms with van der Waals surface area (Å²) < 4.78 is 10.7. The Kier molecular flexibility index (Phi) is 11.6. The van der Waals surface area contributed by atoms with Crippen LogP contribution in [0.2, 0.25) is 0 Å². The smallest absolute Gasteiger partial charge is 0.226 e. The van der Waals surface area contributed by atoms with Gasteiger partial charge in [0.15, 0.2) is 5.96 Å². The van der Waals surface area contributed by atoms with Crippen molar-refractivity contribution in [1.29, 1.82) is 0 Å². The number of benzene rings is 1. The normalized spacial score (nSPS) is 19.5. The lowest BCUT2D eigenvalue weighted by molar-refractivity contribution is -0.119. The van der Waals surface area contributed by atoms with Crippen LogP contribution in [0.3, 0.4) is 0 Å². The molecule has 31 heavy (non-hydrogen) atoms. The number of halogens is 1. The van der Waals surface area contributed by atoms with Crippen molar-refractivity contribution in [1.82, 2.24) is 10.2 Å². The maximum atomic E-state index is 12.1. The van der Waals surface area contributed by atoms with Crippen molar-refractivity contribution in [2.24, 2.45) is 10.9 Å². The van der Waals surface area contributed by atoms with E-state index in [9.17, 15) is 4.79 Å². The number of guanidine groups is 1. The van der Waals surface area contributed by atoms with Gasteiger partial charge in [-0.05, 0) is 43.9 Å². The van der Waals surface area contributed by atoms with Gasteiger partial charge in [-0.25, -0.2) is 4.99 Å². The number of nitrogens with zero attached hydrogens (tertiary/aromatic N) is 3. The van der Waals surface area contributed by atoms with Gasteiger partial charge in [0, 0.05) is 51.3 Å². The highest BCUT2D eigenvalue weighted by Gasteiger charge is 2.25. The van der Waals surface area contributed by atoms with Gasteiger partial charge in [-0.3, -0.25) is 4.79 Å². The van der Waals surface area contributed by atoms with E-state index in [2.05, 4.69) is 29.3 Å². The average Bonchev–Trinajstić information content (AvgIpc) is 3.24. The number of hydrogen-bond donors (Lipinski definition) is 1. The molecule has 1 aromatic carbocycles. The molecule has 1 N–H and O–H groups in total. The predicted octanol–water partition coefficient (Wildman–Crippen LogP) is 3.27. The van der Waals surface area contributed by atoms with Gasteiger partial charge in [-0.2, -0.15) is 0 Å². The van der Waals surface area contributed by atoms with Crippen molar-refractivity contribution in [2.45, 2.75) is 39.2 Å². The first kappa shape index (κ1) is 25.9. The minimum Gasteiger partial charge on any atom is -0.382 e. The monoisotopic (exact) mass is 544 g/mol. The number of carbonyl (C=O) groups is 1. The van der Waals surface area contributed by atoms with E-state index in [1.54, 1.807) is 7.11 Å². The Morgan fingerprint density at radius 1 is 1.19 bits per heavy atom. The van der Waals surface area contributed by atoms with Crippen LogP contribution in [0.15, 0.2) is 29.3 Å². The van der Waals surface area contributed by atoms with Crippen LogP contribution in [0.25, 0.3) is 0 Å². The highest BCUT2D eigenvalue weighted by atomic mass is 127. The Bertz CT molecular complexity index is 699. The molecular weight excluding hydrogens is 507 g/mol. The zero-order valence-electron chi connectivity index (χ0n) is 18.8. The van der Waals surface area contributed by atoms with Gasteiger partial charge in [0.1, 0.15) is 0 Å². The fourth-order valence-corrected chi connectivity index (χ4v) is 4.01. The molecular formula is C23H37IN4O3. The third-order valence-corrected chi connectivity index (χ3v) is 5.69. The topological polar surface area (TPSA) is 66.4 Å². The highest BCUT2D eigenvalue weighted by Crippen LogP contribution is 2.22. The number of methoxy groups -OCH3 is 1. The van der Waals surface area contributed by atoms with Crippen LogP contribution in [0.4, 0.5) is 5.69 Å². The third-order valence-electron chi connectivity index (χ3n) is 5.69. The Hall–Kier alpha value is -1.39.